The third-order valence-electron chi connectivity index (χ3n) is 3.09. The Morgan fingerprint density at radius 1 is 1.47 bits per heavy atom. The average molecular weight is 343 g/mol. The lowest BCUT2D eigenvalue weighted by Crippen LogP contribution is -2.25. The van der Waals surface area contributed by atoms with Crippen molar-refractivity contribution < 1.29 is 0 Å². The quantitative estimate of drug-likeness (QED) is 0.915. The molecule has 1 unspecified atom stereocenters. The largest absolute Gasteiger partial charge is 0.305 e. The van der Waals surface area contributed by atoms with Crippen LogP contribution in [0, 0.1) is 6.92 Å². The van der Waals surface area contributed by atoms with Gasteiger partial charge in [0.15, 0.2) is 0 Å². The molecule has 1 aromatic heterocycles. The van der Waals surface area contributed by atoms with E-state index in [0.29, 0.717) is 5.02 Å². The molecular weight excluding hydrogens is 326 g/mol. The van der Waals surface area contributed by atoms with E-state index in [-0.39, 0.29) is 6.04 Å². The fourth-order valence-corrected chi connectivity index (χ4v) is 3.17. The van der Waals surface area contributed by atoms with Gasteiger partial charge in [-0.3, -0.25) is 4.68 Å². The van der Waals surface area contributed by atoms with Gasteiger partial charge in [0.2, 0.25) is 0 Å². The highest BCUT2D eigenvalue weighted by Gasteiger charge is 2.22. The number of nitrogens with zero attached hydrogens (tertiary/aromatic N) is 2. The van der Waals surface area contributed by atoms with Gasteiger partial charge in [0.05, 0.1) is 23.0 Å². The van der Waals surface area contributed by atoms with Crippen LogP contribution in [0.2, 0.25) is 5.02 Å². The summed E-state index contributed by atoms with van der Waals surface area (Å²) in [6.45, 7) is 5.01. The van der Waals surface area contributed by atoms with Gasteiger partial charge in [-0.15, -0.1) is 0 Å². The SMILES string of the molecule is CCNC(c1ccc(C)cc1Br)c1c(Cl)cnn1C. The number of hydrogen-bond donors (Lipinski definition) is 1. The van der Waals surface area contributed by atoms with Crippen molar-refractivity contribution in [2.24, 2.45) is 7.05 Å². The van der Waals surface area contributed by atoms with Crippen molar-refractivity contribution in [2.45, 2.75) is 19.9 Å². The van der Waals surface area contributed by atoms with Crippen LogP contribution in [0.15, 0.2) is 28.9 Å². The fourth-order valence-electron chi connectivity index (χ4n) is 2.17. The van der Waals surface area contributed by atoms with E-state index in [1.807, 2.05) is 11.7 Å². The summed E-state index contributed by atoms with van der Waals surface area (Å²) in [6.07, 6.45) is 1.68. The van der Waals surface area contributed by atoms with E-state index in [1.54, 1.807) is 6.20 Å². The second-order valence-corrected chi connectivity index (χ2v) is 5.78. The van der Waals surface area contributed by atoms with Crippen LogP contribution in [0.4, 0.5) is 0 Å². The number of benzene rings is 1. The maximum Gasteiger partial charge on any atom is 0.0837 e. The van der Waals surface area contributed by atoms with Gasteiger partial charge in [-0.25, -0.2) is 0 Å². The second kappa shape index (κ2) is 6.07. The molecule has 0 saturated carbocycles. The summed E-state index contributed by atoms with van der Waals surface area (Å²) < 4.78 is 2.90. The molecule has 3 nitrogen and oxygen atoms in total. The zero-order chi connectivity index (χ0) is 14.0. The summed E-state index contributed by atoms with van der Waals surface area (Å²) in [5.74, 6) is 0. The van der Waals surface area contributed by atoms with Gasteiger partial charge in [-0.2, -0.15) is 5.10 Å². The van der Waals surface area contributed by atoms with Gasteiger partial charge in [-0.1, -0.05) is 46.6 Å². The third kappa shape index (κ3) is 3.02. The molecule has 0 saturated heterocycles. The third-order valence-corrected chi connectivity index (χ3v) is 4.06. The molecule has 2 aromatic rings. The van der Waals surface area contributed by atoms with Gasteiger partial charge >= 0.3 is 0 Å². The van der Waals surface area contributed by atoms with Crippen molar-refractivity contribution in [3.63, 3.8) is 0 Å². The molecule has 0 aliphatic carbocycles. The zero-order valence-electron chi connectivity index (χ0n) is 11.2. The van der Waals surface area contributed by atoms with Crippen molar-refractivity contribution in [3.8, 4) is 0 Å². The number of halogens is 2. The lowest BCUT2D eigenvalue weighted by Gasteiger charge is -2.21. The minimum Gasteiger partial charge on any atom is -0.305 e. The molecule has 0 radical (unpaired) electrons. The standard InChI is InChI=1S/C14H17BrClN3/c1-4-17-13(14-12(16)8-18-19(14)3)10-6-5-9(2)7-11(10)15/h5-8,13,17H,4H2,1-3H3. The average Bonchev–Trinajstić information content (AvgIpc) is 2.67. The molecule has 0 bridgehead atoms. The first kappa shape index (κ1) is 14.6. The summed E-state index contributed by atoms with van der Waals surface area (Å²) in [4.78, 5) is 0. The molecule has 1 aromatic carbocycles. The molecule has 19 heavy (non-hydrogen) atoms. The summed E-state index contributed by atoms with van der Waals surface area (Å²) >= 11 is 9.91. The van der Waals surface area contributed by atoms with Gasteiger partial charge < -0.3 is 5.32 Å². The van der Waals surface area contributed by atoms with Crippen molar-refractivity contribution in [1.82, 2.24) is 15.1 Å². The molecule has 102 valence electrons. The van der Waals surface area contributed by atoms with E-state index in [1.165, 1.54) is 5.56 Å². The first-order chi connectivity index (χ1) is 9.04. The Balaban J connectivity index is 2.51. The first-order valence-corrected chi connectivity index (χ1v) is 7.38. The van der Waals surface area contributed by atoms with Crippen LogP contribution in [0.5, 0.6) is 0 Å². The summed E-state index contributed by atoms with van der Waals surface area (Å²) in [5.41, 5.74) is 3.37. The van der Waals surface area contributed by atoms with Crippen LogP contribution in [-0.2, 0) is 7.05 Å². The maximum atomic E-state index is 6.27. The Kier molecular flexibility index (Phi) is 4.66. The molecule has 1 atom stereocenters. The van der Waals surface area contributed by atoms with Gasteiger partial charge in [0.25, 0.3) is 0 Å². The molecular formula is C14H17BrClN3. The zero-order valence-corrected chi connectivity index (χ0v) is 13.6. The molecule has 1 heterocycles. The lowest BCUT2D eigenvalue weighted by molar-refractivity contribution is 0.571. The van der Waals surface area contributed by atoms with Crippen molar-refractivity contribution in [2.75, 3.05) is 6.54 Å². The molecule has 0 spiro atoms. The Bertz CT molecular complexity index is 561. The topological polar surface area (TPSA) is 29.9 Å². The Morgan fingerprint density at radius 2 is 2.21 bits per heavy atom. The van der Waals surface area contributed by atoms with E-state index in [0.717, 1.165) is 22.3 Å². The number of aryl methyl sites for hydroxylation is 2. The Morgan fingerprint density at radius 3 is 2.74 bits per heavy atom. The van der Waals surface area contributed by atoms with E-state index in [9.17, 15) is 0 Å². The molecule has 0 aliphatic heterocycles. The minimum absolute atomic E-state index is 0.0278. The van der Waals surface area contributed by atoms with Gasteiger partial charge in [-0.05, 0) is 30.7 Å². The molecule has 0 fully saturated rings. The van der Waals surface area contributed by atoms with Crippen LogP contribution in [0.3, 0.4) is 0 Å². The monoisotopic (exact) mass is 341 g/mol. The second-order valence-electron chi connectivity index (χ2n) is 4.52. The van der Waals surface area contributed by atoms with E-state index >= 15 is 0 Å². The predicted molar refractivity (Wildman–Crippen MR) is 82.6 cm³/mol. The van der Waals surface area contributed by atoms with Crippen LogP contribution in [-0.4, -0.2) is 16.3 Å². The fraction of sp³-hybridized carbons (Fsp3) is 0.357. The smallest absolute Gasteiger partial charge is 0.0837 e. The van der Waals surface area contributed by atoms with Crippen molar-refractivity contribution in [1.29, 1.82) is 0 Å². The first-order valence-electron chi connectivity index (χ1n) is 6.21. The minimum atomic E-state index is 0.0278. The lowest BCUT2D eigenvalue weighted by atomic mass is 10.0. The molecule has 2 rings (SSSR count). The molecule has 5 heteroatoms. The van der Waals surface area contributed by atoms with Crippen LogP contribution < -0.4 is 5.32 Å². The number of nitrogens with one attached hydrogen (secondary N) is 1. The summed E-state index contributed by atoms with van der Waals surface area (Å²) in [6, 6.07) is 6.37. The summed E-state index contributed by atoms with van der Waals surface area (Å²) in [7, 11) is 1.91. The van der Waals surface area contributed by atoms with Gasteiger partial charge in [0, 0.05) is 11.5 Å². The van der Waals surface area contributed by atoms with Crippen molar-refractivity contribution >= 4 is 27.5 Å². The number of hydrogen-bond acceptors (Lipinski definition) is 2. The number of rotatable bonds is 4. The van der Waals surface area contributed by atoms with E-state index in [4.69, 9.17) is 11.6 Å². The van der Waals surface area contributed by atoms with Crippen LogP contribution in [0.25, 0.3) is 0 Å². The normalized spacial score (nSPS) is 12.7. The number of aromatic nitrogens is 2. The molecule has 0 aliphatic rings. The highest BCUT2D eigenvalue weighted by atomic mass is 79.9. The predicted octanol–water partition coefficient (Wildman–Crippen LogP) is 3.84. The molecule has 0 amide bonds. The molecule has 1 N–H and O–H groups in total. The van der Waals surface area contributed by atoms with Crippen molar-refractivity contribution in [3.05, 3.63) is 50.7 Å². The highest BCUT2D eigenvalue weighted by Crippen LogP contribution is 2.32. The Labute approximate surface area is 127 Å². The van der Waals surface area contributed by atoms with Gasteiger partial charge in [0.1, 0.15) is 0 Å². The maximum absolute atomic E-state index is 6.27. The van der Waals surface area contributed by atoms with E-state index in [2.05, 4.69) is 58.4 Å². The van der Waals surface area contributed by atoms with Crippen LogP contribution in [0.1, 0.15) is 29.8 Å². The van der Waals surface area contributed by atoms with E-state index < -0.39 is 0 Å². The Hall–Kier alpha value is -0.840. The van der Waals surface area contributed by atoms with Crippen LogP contribution >= 0.6 is 27.5 Å². The highest BCUT2D eigenvalue weighted by molar-refractivity contribution is 9.10. The summed E-state index contributed by atoms with van der Waals surface area (Å²) in [5, 5.41) is 8.37.